The number of hydrogen-bond acceptors (Lipinski definition) is 4. The van der Waals surface area contributed by atoms with Crippen molar-refractivity contribution >= 4 is 23.0 Å². The molecule has 0 unspecified atom stereocenters. The lowest BCUT2D eigenvalue weighted by atomic mass is 10.2. The Bertz CT molecular complexity index is 860. The number of rotatable bonds is 6. The molecule has 0 radical (unpaired) electrons. The normalized spacial score (nSPS) is 11.0. The molecule has 0 fully saturated rings. The van der Waals surface area contributed by atoms with Gasteiger partial charge in [-0.15, -0.1) is 0 Å². The molecule has 1 heterocycles. The van der Waals surface area contributed by atoms with Crippen LogP contribution in [0.5, 0.6) is 11.5 Å². The van der Waals surface area contributed by atoms with Crippen molar-refractivity contribution in [3.63, 3.8) is 0 Å². The lowest BCUT2D eigenvalue weighted by Crippen LogP contribution is -2.20. The van der Waals surface area contributed by atoms with Crippen molar-refractivity contribution in [2.45, 2.75) is 6.54 Å². The van der Waals surface area contributed by atoms with E-state index in [-0.39, 0.29) is 5.91 Å². The highest BCUT2D eigenvalue weighted by Gasteiger charge is 2.04. The topological polar surface area (TPSA) is 76.2 Å². The number of para-hydroxylation sites is 2. The van der Waals surface area contributed by atoms with Gasteiger partial charge in [-0.05, 0) is 35.9 Å². The standard InChI is InChI=1S/C19H19N3O3/c1-24-14-9-13(10-15(11-14)25-2)7-8-19(23)20-12-18-21-16-5-3-4-6-17(16)22-18/h3-11H,12H2,1-2H3,(H,20,23)(H,21,22)/b8-7+. The number of fused-ring (bicyclic) bond motifs is 1. The van der Waals surface area contributed by atoms with E-state index in [0.29, 0.717) is 23.9 Å². The Morgan fingerprint density at radius 1 is 1.16 bits per heavy atom. The van der Waals surface area contributed by atoms with Gasteiger partial charge in [-0.3, -0.25) is 4.79 Å². The van der Waals surface area contributed by atoms with Crippen LogP contribution in [0.3, 0.4) is 0 Å². The predicted molar refractivity (Wildman–Crippen MR) is 96.5 cm³/mol. The van der Waals surface area contributed by atoms with Gasteiger partial charge in [0.05, 0.1) is 31.8 Å². The fraction of sp³-hybridized carbons (Fsp3) is 0.158. The number of benzene rings is 2. The molecule has 0 aliphatic carbocycles. The molecule has 0 atom stereocenters. The molecular weight excluding hydrogens is 318 g/mol. The zero-order chi connectivity index (χ0) is 17.6. The summed E-state index contributed by atoms with van der Waals surface area (Å²) in [6, 6.07) is 13.2. The van der Waals surface area contributed by atoms with Gasteiger partial charge in [0.15, 0.2) is 0 Å². The average molecular weight is 337 g/mol. The second kappa shape index (κ2) is 7.53. The first-order chi connectivity index (χ1) is 12.2. The molecule has 0 aliphatic rings. The summed E-state index contributed by atoms with van der Waals surface area (Å²) in [6.07, 6.45) is 3.18. The van der Waals surface area contributed by atoms with Gasteiger partial charge in [-0.1, -0.05) is 12.1 Å². The minimum atomic E-state index is -0.206. The molecule has 2 N–H and O–H groups in total. The van der Waals surface area contributed by atoms with Gasteiger partial charge in [0.25, 0.3) is 0 Å². The number of nitrogens with one attached hydrogen (secondary N) is 2. The van der Waals surface area contributed by atoms with Crippen LogP contribution in [0.25, 0.3) is 17.1 Å². The molecule has 0 saturated carbocycles. The number of nitrogens with zero attached hydrogens (tertiary/aromatic N) is 1. The van der Waals surface area contributed by atoms with E-state index in [4.69, 9.17) is 9.47 Å². The van der Waals surface area contributed by atoms with E-state index < -0.39 is 0 Å². The third-order valence-electron chi connectivity index (χ3n) is 3.67. The second-order valence-electron chi connectivity index (χ2n) is 5.40. The second-order valence-corrected chi connectivity index (χ2v) is 5.40. The monoisotopic (exact) mass is 337 g/mol. The summed E-state index contributed by atoms with van der Waals surface area (Å²) in [7, 11) is 3.17. The van der Waals surface area contributed by atoms with E-state index in [9.17, 15) is 4.79 Å². The Kier molecular flexibility index (Phi) is 4.99. The molecule has 1 aromatic heterocycles. The molecule has 0 saturated heterocycles. The van der Waals surface area contributed by atoms with Crippen molar-refractivity contribution in [1.82, 2.24) is 15.3 Å². The number of carbonyl (C=O) groups is 1. The zero-order valence-corrected chi connectivity index (χ0v) is 14.1. The number of H-pyrrole nitrogens is 1. The van der Waals surface area contributed by atoms with E-state index >= 15 is 0 Å². The third kappa shape index (κ3) is 4.17. The van der Waals surface area contributed by atoms with E-state index in [1.807, 2.05) is 36.4 Å². The van der Waals surface area contributed by atoms with Gasteiger partial charge in [0.2, 0.25) is 5.91 Å². The molecule has 0 aliphatic heterocycles. The van der Waals surface area contributed by atoms with Crippen LogP contribution < -0.4 is 14.8 Å². The molecule has 6 nitrogen and oxygen atoms in total. The molecule has 2 aromatic carbocycles. The van der Waals surface area contributed by atoms with E-state index in [1.54, 1.807) is 26.4 Å². The highest BCUT2D eigenvalue weighted by atomic mass is 16.5. The van der Waals surface area contributed by atoms with Crippen molar-refractivity contribution in [2.24, 2.45) is 0 Å². The fourth-order valence-electron chi connectivity index (χ4n) is 2.42. The molecule has 0 spiro atoms. The highest BCUT2D eigenvalue weighted by Crippen LogP contribution is 2.23. The fourth-order valence-corrected chi connectivity index (χ4v) is 2.42. The first kappa shape index (κ1) is 16.6. The summed E-state index contributed by atoms with van der Waals surface area (Å²) in [6.45, 7) is 0.333. The van der Waals surface area contributed by atoms with Crippen LogP contribution in [-0.4, -0.2) is 30.1 Å². The summed E-state index contributed by atoms with van der Waals surface area (Å²) in [5, 5.41) is 2.81. The number of ether oxygens (including phenoxy) is 2. The van der Waals surface area contributed by atoms with Crippen molar-refractivity contribution in [2.75, 3.05) is 14.2 Å². The van der Waals surface area contributed by atoms with Gasteiger partial charge in [0, 0.05) is 12.1 Å². The van der Waals surface area contributed by atoms with Gasteiger partial charge >= 0.3 is 0 Å². The van der Waals surface area contributed by atoms with Gasteiger partial charge in [0.1, 0.15) is 17.3 Å². The molecule has 0 bridgehead atoms. The molecule has 1 amide bonds. The van der Waals surface area contributed by atoms with Crippen LogP contribution >= 0.6 is 0 Å². The summed E-state index contributed by atoms with van der Waals surface area (Å²) >= 11 is 0. The lowest BCUT2D eigenvalue weighted by molar-refractivity contribution is -0.116. The molecule has 25 heavy (non-hydrogen) atoms. The SMILES string of the molecule is COc1cc(/C=C/C(=O)NCc2nc3ccccc3[nH]2)cc(OC)c1. The number of aromatic nitrogens is 2. The molecule has 3 rings (SSSR count). The lowest BCUT2D eigenvalue weighted by Gasteiger charge is -2.05. The van der Waals surface area contributed by atoms with Crippen LogP contribution in [0.1, 0.15) is 11.4 Å². The van der Waals surface area contributed by atoms with Crippen molar-refractivity contribution in [1.29, 1.82) is 0 Å². The van der Waals surface area contributed by atoms with Gasteiger partial charge < -0.3 is 19.8 Å². The summed E-state index contributed by atoms with van der Waals surface area (Å²) in [4.78, 5) is 19.6. The molecule has 6 heteroatoms. The first-order valence-corrected chi connectivity index (χ1v) is 7.80. The molecule has 3 aromatic rings. The maximum atomic E-state index is 12.0. The average Bonchev–Trinajstić information content (AvgIpc) is 3.07. The number of carbonyl (C=O) groups excluding carboxylic acids is 1. The summed E-state index contributed by atoms with van der Waals surface area (Å²) in [5.41, 5.74) is 2.65. The predicted octanol–water partition coefficient (Wildman–Crippen LogP) is 2.91. The zero-order valence-electron chi connectivity index (χ0n) is 14.1. The number of imidazole rings is 1. The smallest absolute Gasteiger partial charge is 0.244 e. The Morgan fingerprint density at radius 2 is 1.88 bits per heavy atom. The van der Waals surface area contributed by atoms with Crippen LogP contribution in [-0.2, 0) is 11.3 Å². The van der Waals surface area contributed by atoms with Gasteiger partial charge in [-0.25, -0.2) is 4.98 Å². The third-order valence-corrected chi connectivity index (χ3v) is 3.67. The van der Waals surface area contributed by atoms with Crippen molar-refractivity contribution in [3.05, 3.63) is 59.9 Å². The summed E-state index contributed by atoms with van der Waals surface area (Å²) in [5.74, 6) is 1.84. The van der Waals surface area contributed by atoms with Crippen molar-refractivity contribution < 1.29 is 14.3 Å². The van der Waals surface area contributed by atoms with Crippen LogP contribution in [0, 0.1) is 0 Å². The Balaban J connectivity index is 1.63. The Hall–Kier alpha value is -3.28. The van der Waals surface area contributed by atoms with Crippen LogP contribution in [0.15, 0.2) is 48.5 Å². The summed E-state index contributed by atoms with van der Waals surface area (Å²) < 4.78 is 10.4. The Labute approximate surface area is 145 Å². The van der Waals surface area contributed by atoms with E-state index in [1.165, 1.54) is 6.08 Å². The van der Waals surface area contributed by atoms with Crippen LogP contribution in [0.4, 0.5) is 0 Å². The van der Waals surface area contributed by atoms with E-state index in [0.717, 1.165) is 16.6 Å². The van der Waals surface area contributed by atoms with E-state index in [2.05, 4.69) is 15.3 Å². The Morgan fingerprint density at radius 3 is 2.56 bits per heavy atom. The minimum absolute atomic E-state index is 0.206. The molecule has 128 valence electrons. The van der Waals surface area contributed by atoms with Crippen molar-refractivity contribution in [3.8, 4) is 11.5 Å². The number of methoxy groups -OCH3 is 2. The quantitative estimate of drug-likeness (QED) is 0.678. The maximum absolute atomic E-state index is 12.0. The van der Waals surface area contributed by atoms with Gasteiger partial charge in [-0.2, -0.15) is 0 Å². The number of hydrogen-bond donors (Lipinski definition) is 2. The van der Waals surface area contributed by atoms with Crippen LogP contribution in [0.2, 0.25) is 0 Å². The molecular formula is C19H19N3O3. The maximum Gasteiger partial charge on any atom is 0.244 e. The largest absolute Gasteiger partial charge is 0.497 e. The minimum Gasteiger partial charge on any atom is -0.497 e. The number of amides is 1. The highest BCUT2D eigenvalue weighted by molar-refractivity contribution is 5.91. The first-order valence-electron chi connectivity index (χ1n) is 7.80. The number of aromatic amines is 1.